The van der Waals surface area contributed by atoms with Crippen LogP contribution in [0.25, 0.3) is 10.2 Å². The van der Waals surface area contributed by atoms with Gasteiger partial charge in [-0.15, -0.1) is 11.3 Å². The van der Waals surface area contributed by atoms with Crippen molar-refractivity contribution in [1.82, 2.24) is 9.97 Å². The predicted molar refractivity (Wildman–Crippen MR) is 65.3 cm³/mol. The molecular weight excluding hydrogens is 241 g/mol. The third-order valence-corrected chi connectivity index (χ3v) is 3.91. The van der Waals surface area contributed by atoms with Crippen LogP contribution in [0, 0.1) is 6.92 Å². The number of hydrogen-bond acceptors (Lipinski definition) is 5. The highest BCUT2D eigenvalue weighted by Crippen LogP contribution is 2.31. The molecule has 1 fully saturated rings. The molecule has 0 radical (unpaired) electrons. The topological polar surface area (TPSA) is 49.2 Å². The molecule has 0 spiro atoms. The zero-order chi connectivity index (χ0) is 12.0. The van der Waals surface area contributed by atoms with E-state index in [1.54, 1.807) is 16.2 Å². The number of thiophene rings is 1. The second kappa shape index (κ2) is 3.89. The molecular formula is C11H12FN3OS. The third kappa shape index (κ3) is 1.77. The van der Waals surface area contributed by atoms with Gasteiger partial charge in [0.15, 0.2) is 0 Å². The SMILES string of the molecule is Cc1cc2c(N3C[C@@H](O)[C@H](F)C3)ncnc2s1. The minimum Gasteiger partial charge on any atom is -0.388 e. The lowest BCUT2D eigenvalue weighted by atomic mass is 10.3. The van der Waals surface area contributed by atoms with Gasteiger partial charge in [-0.25, -0.2) is 14.4 Å². The Hall–Kier alpha value is -1.27. The van der Waals surface area contributed by atoms with Crippen molar-refractivity contribution in [2.75, 3.05) is 18.0 Å². The molecule has 0 aromatic carbocycles. The molecule has 0 aliphatic carbocycles. The van der Waals surface area contributed by atoms with Crippen molar-refractivity contribution in [3.8, 4) is 0 Å². The highest BCUT2D eigenvalue weighted by atomic mass is 32.1. The molecule has 0 bridgehead atoms. The summed E-state index contributed by atoms with van der Waals surface area (Å²) >= 11 is 1.59. The van der Waals surface area contributed by atoms with Gasteiger partial charge in [-0.05, 0) is 13.0 Å². The maximum absolute atomic E-state index is 13.3. The molecule has 1 aliphatic heterocycles. The zero-order valence-electron chi connectivity index (χ0n) is 9.30. The number of nitrogens with zero attached hydrogens (tertiary/aromatic N) is 3. The monoisotopic (exact) mass is 253 g/mol. The van der Waals surface area contributed by atoms with Crippen molar-refractivity contribution in [3.63, 3.8) is 0 Å². The van der Waals surface area contributed by atoms with Crippen molar-refractivity contribution in [3.05, 3.63) is 17.3 Å². The van der Waals surface area contributed by atoms with Crippen LogP contribution in [0.5, 0.6) is 0 Å². The largest absolute Gasteiger partial charge is 0.388 e. The lowest BCUT2D eigenvalue weighted by Gasteiger charge is -2.16. The standard InChI is InChI=1S/C11H12FN3OS/c1-6-2-7-10(13-5-14-11(7)17-6)15-3-8(12)9(16)4-15/h2,5,8-9,16H,3-4H2,1H3/t8-,9-/m1/s1. The quantitative estimate of drug-likeness (QED) is 0.837. The predicted octanol–water partition coefficient (Wildman–Crippen LogP) is 1.52. The Kier molecular flexibility index (Phi) is 2.48. The van der Waals surface area contributed by atoms with E-state index in [1.807, 2.05) is 13.0 Å². The van der Waals surface area contributed by atoms with Gasteiger partial charge in [0, 0.05) is 11.4 Å². The van der Waals surface area contributed by atoms with E-state index < -0.39 is 12.3 Å². The number of fused-ring (bicyclic) bond motifs is 1. The van der Waals surface area contributed by atoms with Crippen LogP contribution in [0.1, 0.15) is 4.88 Å². The first-order valence-corrected chi connectivity index (χ1v) is 6.25. The Labute approximate surface area is 102 Å². The first-order valence-electron chi connectivity index (χ1n) is 5.43. The number of alkyl halides is 1. The highest BCUT2D eigenvalue weighted by molar-refractivity contribution is 7.18. The Bertz CT molecular complexity index is 549. The van der Waals surface area contributed by atoms with E-state index in [0.29, 0.717) is 6.54 Å². The summed E-state index contributed by atoms with van der Waals surface area (Å²) in [5, 5.41) is 10.4. The van der Waals surface area contributed by atoms with Gasteiger partial charge >= 0.3 is 0 Å². The van der Waals surface area contributed by atoms with Gasteiger partial charge in [-0.1, -0.05) is 0 Å². The van der Waals surface area contributed by atoms with Crippen LogP contribution in [0.3, 0.4) is 0 Å². The van der Waals surface area contributed by atoms with Gasteiger partial charge in [-0.2, -0.15) is 0 Å². The molecule has 2 aromatic heterocycles. The molecule has 2 atom stereocenters. The summed E-state index contributed by atoms with van der Waals surface area (Å²) in [5.74, 6) is 0.721. The maximum Gasteiger partial charge on any atom is 0.145 e. The van der Waals surface area contributed by atoms with Crippen LogP contribution in [-0.4, -0.2) is 40.4 Å². The van der Waals surface area contributed by atoms with Crippen LogP contribution in [-0.2, 0) is 0 Å². The fourth-order valence-corrected chi connectivity index (χ4v) is 2.98. The van der Waals surface area contributed by atoms with E-state index in [-0.39, 0.29) is 6.54 Å². The molecule has 0 saturated carbocycles. The molecule has 1 saturated heterocycles. The third-order valence-electron chi connectivity index (χ3n) is 2.95. The molecule has 2 aromatic rings. The number of aliphatic hydroxyl groups excluding tert-OH is 1. The van der Waals surface area contributed by atoms with Gasteiger partial charge in [0.1, 0.15) is 29.3 Å². The van der Waals surface area contributed by atoms with E-state index >= 15 is 0 Å². The summed E-state index contributed by atoms with van der Waals surface area (Å²) in [6.07, 6.45) is -0.620. The van der Waals surface area contributed by atoms with Crippen molar-refractivity contribution < 1.29 is 9.50 Å². The lowest BCUT2D eigenvalue weighted by molar-refractivity contribution is 0.118. The van der Waals surface area contributed by atoms with Gasteiger partial charge < -0.3 is 10.0 Å². The lowest BCUT2D eigenvalue weighted by Crippen LogP contribution is -2.22. The molecule has 3 rings (SSSR count). The summed E-state index contributed by atoms with van der Waals surface area (Å²) in [6, 6.07) is 2.01. The zero-order valence-corrected chi connectivity index (χ0v) is 10.1. The van der Waals surface area contributed by atoms with Gasteiger partial charge in [0.25, 0.3) is 0 Å². The van der Waals surface area contributed by atoms with Gasteiger partial charge in [0.2, 0.25) is 0 Å². The van der Waals surface area contributed by atoms with E-state index in [0.717, 1.165) is 20.9 Å². The number of rotatable bonds is 1. The van der Waals surface area contributed by atoms with Gasteiger partial charge in [-0.3, -0.25) is 0 Å². The fourth-order valence-electron chi connectivity index (χ4n) is 2.14. The van der Waals surface area contributed by atoms with Crippen LogP contribution in [0.4, 0.5) is 10.2 Å². The van der Waals surface area contributed by atoms with Crippen LogP contribution in [0.15, 0.2) is 12.4 Å². The Morgan fingerprint density at radius 2 is 2.29 bits per heavy atom. The number of hydrogen-bond donors (Lipinski definition) is 1. The summed E-state index contributed by atoms with van der Waals surface area (Å²) < 4.78 is 13.3. The maximum atomic E-state index is 13.3. The Morgan fingerprint density at radius 1 is 1.47 bits per heavy atom. The number of β-amino-alcohol motifs (C(OH)–C–C–N with tert-alkyl or cyclic N) is 1. The average Bonchev–Trinajstić information content (AvgIpc) is 2.81. The Morgan fingerprint density at radius 3 is 3.00 bits per heavy atom. The van der Waals surface area contributed by atoms with Crippen molar-refractivity contribution in [2.45, 2.75) is 19.2 Å². The highest BCUT2D eigenvalue weighted by Gasteiger charge is 2.32. The molecule has 3 heterocycles. The summed E-state index contributed by atoms with van der Waals surface area (Å²) in [7, 11) is 0. The summed E-state index contributed by atoms with van der Waals surface area (Å²) in [6.45, 7) is 2.50. The molecule has 6 heteroatoms. The molecule has 4 nitrogen and oxygen atoms in total. The van der Waals surface area contributed by atoms with E-state index in [9.17, 15) is 9.50 Å². The van der Waals surface area contributed by atoms with Crippen molar-refractivity contribution in [2.24, 2.45) is 0 Å². The molecule has 0 unspecified atom stereocenters. The first kappa shape index (κ1) is 10.9. The average molecular weight is 253 g/mol. The minimum atomic E-state index is -1.19. The van der Waals surface area contributed by atoms with Gasteiger partial charge in [0.05, 0.1) is 11.9 Å². The summed E-state index contributed by atoms with van der Waals surface area (Å²) in [5.41, 5.74) is 0. The van der Waals surface area contributed by atoms with Crippen LogP contribution < -0.4 is 4.90 Å². The number of aliphatic hydroxyl groups is 1. The second-order valence-corrected chi connectivity index (χ2v) is 5.50. The fraction of sp³-hybridized carbons (Fsp3) is 0.455. The van der Waals surface area contributed by atoms with E-state index in [2.05, 4.69) is 9.97 Å². The molecule has 1 aliphatic rings. The normalized spacial score (nSPS) is 24.8. The summed E-state index contributed by atoms with van der Waals surface area (Å²) in [4.78, 5) is 12.3. The molecule has 0 amide bonds. The van der Waals surface area contributed by atoms with E-state index in [1.165, 1.54) is 6.33 Å². The first-order chi connectivity index (χ1) is 8.15. The minimum absolute atomic E-state index is 0.197. The number of anilines is 1. The van der Waals surface area contributed by atoms with E-state index in [4.69, 9.17) is 0 Å². The molecule has 17 heavy (non-hydrogen) atoms. The number of halogens is 1. The number of aromatic nitrogens is 2. The second-order valence-electron chi connectivity index (χ2n) is 4.26. The van der Waals surface area contributed by atoms with Crippen molar-refractivity contribution >= 4 is 27.4 Å². The van der Waals surface area contributed by atoms with Crippen LogP contribution in [0.2, 0.25) is 0 Å². The van der Waals surface area contributed by atoms with Crippen molar-refractivity contribution in [1.29, 1.82) is 0 Å². The van der Waals surface area contributed by atoms with Crippen LogP contribution >= 0.6 is 11.3 Å². The molecule has 1 N–H and O–H groups in total. The Balaban J connectivity index is 2.05. The molecule has 90 valence electrons. The smallest absolute Gasteiger partial charge is 0.145 e. The number of aryl methyl sites for hydroxylation is 1.